The van der Waals surface area contributed by atoms with Crippen LogP contribution in [0.5, 0.6) is 5.75 Å². The van der Waals surface area contributed by atoms with Crippen LogP contribution >= 0.6 is 0 Å². The van der Waals surface area contributed by atoms with Crippen LogP contribution in [0.2, 0.25) is 0 Å². The van der Waals surface area contributed by atoms with Crippen molar-refractivity contribution < 1.29 is 23.8 Å². The lowest BCUT2D eigenvalue weighted by Gasteiger charge is -2.20. The van der Waals surface area contributed by atoms with E-state index in [2.05, 4.69) is 10.3 Å². The van der Waals surface area contributed by atoms with Crippen molar-refractivity contribution in [3.05, 3.63) is 95.2 Å². The minimum absolute atomic E-state index is 0.0971. The van der Waals surface area contributed by atoms with Gasteiger partial charge in [-0.2, -0.15) is 0 Å². The predicted molar refractivity (Wildman–Crippen MR) is 121 cm³/mol. The van der Waals surface area contributed by atoms with Crippen molar-refractivity contribution in [2.75, 3.05) is 0 Å². The minimum atomic E-state index is -1.12. The number of hydrogen-bond acceptors (Lipinski definition) is 5. The number of carboxylic acids is 1. The lowest BCUT2D eigenvalue weighted by molar-refractivity contribution is 0.0663. The third-order valence-corrected chi connectivity index (χ3v) is 5.66. The number of aryl methyl sites for hydroxylation is 1. The summed E-state index contributed by atoms with van der Waals surface area (Å²) in [5.41, 5.74) is 6.35. The Hall–Kier alpha value is -4.39. The van der Waals surface area contributed by atoms with Crippen LogP contribution in [0.25, 0.3) is 22.3 Å². The summed E-state index contributed by atoms with van der Waals surface area (Å²) in [7, 11) is 0. The summed E-state index contributed by atoms with van der Waals surface area (Å²) in [4.78, 5) is 28.4. The molecule has 0 saturated carbocycles. The van der Waals surface area contributed by atoms with Crippen molar-refractivity contribution in [2.45, 2.75) is 20.1 Å². The summed E-state index contributed by atoms with van der Waals surface area (Å²) in [6.07, 6.45) is 4.96. The maximum absolute atomic E-state index is 12.8. The number of carbonyl (C=O) groups is 2. The van der Waals surface area contributed by atoms with E-state index < -0.39 is 5.97 Å². The number of rotatable bonds is 5. The Morgan fingerprint density at radius 3 is 2.85 bits per heavy atom. The lowest BCUT2D eigenvalue weighted by Crippen LogP contribution is -2.23. The van der Waals surface area contributed by atoms with Crippen LogP contribution < -0.4 is 10.1 Å². The molecule has 7 heteroatoms. The fraction of sp³-hybridized carbons (Fsp3) is 0.115. The molecule has 1 aliphatic heterocycles. The normalized spacial score (nSPS) is 11.8. The number of aromatic nitrogens is 1. The first kappa shape index (κ1) is 20.5. The van der Waals surface area contributed by atoms with Crippen LogP contribution in [0.3, 0.4) is 0 Å². The third kappa shape index (κ3) is 3.85. The van der Waals surface area contributed by atoms with Gasteiger partial charge in [-0.3, -0.25) is 9.78 Å². The molecule has 5 rings (SSSR count). The second-order valence-electron chi connectivity index (χ2n) is 7.84. The fourth-order valence-corrected chi connectivity index (χ4v) is 4.05. The molecule has 0 spiro atoms. The molecule has 164 valence electrons. The van der Waals surface area contributed by atoms with Gasteiger partial charge in [0, 0.05) is 41.2 Å². The van der Waals surface area contributed by atoms with E-state index in [1.54, 1.807) is 31.5 Å². The van der Waals surface area contributed by atoms with Crippen LogP contribution in [-0.4, -0.2) is 22.0 Å². The number of benzene rings is 2. The molecule has 0 radical (unpaired) electrons. The first-order valence-electron chi connectivity index (χ1n) is 10.4. The first-order chi connectivity index (χ1) is 16.0. The zero-order valence-electron chi connectivity index (χ0n) is 17.8. The Kier molecular flexibility index (Phi) is 5.14. The second kappa shape index (κ2) is 8.27. The summed E-state index contributed by atoms with van der Waals surface area (Å²) in [5, 5.41) is 12.3. The Balaban J connectivity index is 1.33. The van der Waals surface area contributed by atoms with Crippen molar-refractivity contribution in [3.8, 4) is 28.0 Å². The molecule has 0 aliphatic carbocycles. The minimum Gasteiger partial charge on any atom is -0.488 e. The van der Waals surface area contributed by atoms with E-state index in [9.17, 15) is 14.7 Å². The molecule has 0 bridgehead atoms. The SMILES string of the molecule is Cc1coc(C(=O)O)c1-c1cccc(CNC(=O)c2ccc3c(c2)OCc2cnccc2-3)c1. The highest BCUT2D eigenvalue weighted by Crippen LogP contribution is 2.37. The van der Waals surface area contributed by atoms with Gasteiger partial charge in [-0.05, 0) is 59.5 Å². The Labute approximate surface area is 189 Å². The van der Waals surface area contributed by atoms with Gasteiger partial charge in [-0.1, -0.05) is 18.2 Å². The van der Waals surface area contributed by atoms with Gasteiger partial charge < -0.3 is 19.6 Å². The molecule has 2 aromatic heterocycles. The zero-order valence-corrected chi connectivity index (χ0v) is 17.8. The smallest absolute Gasteiger partial charge is 0.372 e. The molecule has 1 aliphatic rings. The summed E-state index contributed by atoms with van der Waals surface area (Å²) in [6, 6.07) is 14.7. The first-order valence-corrected chi connectivity index (χ1v) is 10.4. The number of carboxylic acid groups (broad SMARTS) is 1. The number of amides is 1. The van der Waals surface area contributed by atoms with Gasteiger partial charge in [0.25, 0.3) is 5.91 Å². The topological polar surface area (TPSA) is 102 Å². The van der Waals surface area contributed by atoms with Crippen LogP contribution in [0, 0.1) is 6.92 Å². The average molecular weight is 440 g/mol. The molecule has 0 unspecified atom stereocenters. The number of hydrogen-bond donors (Lipinski definition) is 2. The highest BCUT2D eigenvalue weighted by atomic mass is 16.5. The highest BCUT2D eigenvalue weighted by molar-refractivity contribution is 5.96. The summed E-state index contributed by atoms with van der Waals surface area (Å²) in [6.45, 7) is 2.50. The molecule has 3 heterocycles. The van der Waals surface area contributed by atoms with Gasteiger partial charge in [-0.15, -0.1) is 0 Å². The molecule has 0 fully saturated rings. The number of fused-ring (bicyclic) bond motifs is 3. The molecule has 2 N–H and O–H groups in total. The molecule has 7 nitrogen and oxygen atoms in total. The Bertz CT molecular complexity index is 1390. The van der Waals surface area contributed by atoms with Gasteiger partial charge in [-0.25, -0.2) is 4.79 Å². The van der Waals surface area contributed by atoms with Crippen LogP contribution in [-0.2, 0) is 13.2 Å². The lowest BCUT2D eigenvalue weighted by atomic mass is 9.97. The van der Waals surface area contributed by atoms with Crippen molar-refractivity contribution in [3.63, 3.8) is 0 Å². The van der Waals surface area contributed by atoms with Crippen LogP contribution in [0.15, 0.2) is 71.6 Å². The maximum Gasteiger partial charge on any atom is 0.372 e. The largest absolute Gasteiger partial charge is 0.488 e. The molecule has 1 amide bonds. The fourth-order valence-electron chi connectivity index (χ4n) is 4.05. The van der Waals surface area contributed by atoms with E-state index in [-0.39, 0.29) is 11.7 Å². The summed E-state index contributed by atoms with van der Waals surface area (Å²) >= 11 is 0. The van der Waals surface area contributed by atoms with Crippen LogP contribution in [0.4, 0.5) is 0 Å². The van der Waals surface area contributed by atoms with Gasteiger partial charge in [0.1, 0.15) is 12.4 Å². The molecule has 0 saturated heterocycles. The second-order valence-corrected chi connectivity index (χ2v) is 7.84. The van der Waals surface area contributed by atoms with Crippen molar-refractivity contribution in [1.29, 1.82) is 0 Å². The maximum atomic E-state index is 12.8. The monoisotopic (exact) mass is 440 g/mol. The van der Waals surface area contributed by atoms with E-state index in [1.165, 1.54) is 6.26 Å². The standard InChI is InChI=1S/C26H20N2O5/c1-15-13-33-24(26(30)31)23(15)17-4-2-3-16(9-17)11-28-25(29)18-5-6-21-20-7-8-27-12-19(20)14-32-22(21)10-18/h2-10,12-13H,11,14H2,1H3,(H,28,29)(H,30,31). The molecule has 0 atom stereocenters. The van der Waals surface area contributed by atoms with E-state index in [0.29, 0.717) is 30.0 Å². The number of furan rings is 1. The summed E-state index contributed by atoms with van der Waals surface area (Å²) in [5.74, 6) is -0.775. The van der Waals surface area contributed by atoms with E-state index in [4.69, 9.17) is 9.15 Å². The highest BCUT2D eigenvalue weighted by Gasteiger charge is 2.20. The van der Waals surface area contributed by atoms with E-state index >= 15 is 0 Å². The Morgan fingerprint density at radius 1 is 1.12 bits per heavy atom. The molecule has 4 aromatic rings. The van der Waals surface area contributed by atoms with E-state index in [0.717, 1.165) is 33.4 Å². The van der Waals surface area contributed by atoms with Crippen molar-refractivity contribution >= 4 is 11.9 Å². The predicted octanol–water partition coefficient (Wildman–Crippen LogP) is 4.84. The van der Waals surface area contributed by atoms with Gasteiger partial charge in [0.2, 0.25) is 5.76 Å². The van der Waals surface area contributed by atoms with Gasteiger partial charge in [0.15, 0.2) is 0 Å². The average Bonchev–Trinajstić information content (AvgIpc) is 3.24. The van der Waals surface area contributed by atoms with Crippen LogP contribution in [0.1, 0.15) is 37.6 Å². The van der Waals surface area contributed by atoms with Crippen molar-refractivity contribution in [2.24, 2.45) is 0 Å². The van der Waals surface area contributed by atoms with Crippen molar-refractivity contribution in [1.82, 2.24) is 10.3 Å². The van der Waals surface area contributed by atoms with Gasteiger partial charge >= 0.3 is 5.97 Å². The van der Waals surface area contributed by atoms with Gasteiger partial charge in [0.05, 0.1) is 6.26 Å². The number of aromatic carboxylic acids is 1. The third-order valence-electron chi connectivity index (χ3n) is 5.66. The quantitative estimate of drug-likeness (QED) is 0.461. The number of ether oxygens (including phenoxy) is 1. The molecule has 33 heavy (non-hydrogen) atoms. The molecule has 2 aromatic carbocycles. The summed E-state index contributed by atoms with van der Waals surface area (Å²) < 4.78 is 11.0. The number of carbonyl (C=O) groups excluding carboxylic acids is 1. The number of pyridine rings is 1. The number of nitrogens with one attached hydrogen (secondary N) is 1. The molecular formula is C26H20N2O5. The molecular weight excluding hydrogens is 420 g/mol. The Morgan fingerprint density at radius 2 is 2.00 bits per heavy atom. The zero-order chi connectivity index (χ0) is 22.9. The van der Waals surface area contributed by atoms with E-state index in [1.807, 2.05) is 36.4 Å². The number of nitrogens with zero attached hydrogens (tertiary/aromatic N) is 1.